The molecule has 0 unspecified atom stereocenters. The van der Waals surface area contributed by atoms with Gasteiger partial charge in [0.15, 0.2) is 5.16 Å². The van der Waals surface area contributed by atoms with E-state index in [2.05, 4.69) is 20.8 Å². The van der Waals surface area contributed by atoms with E-state index in [0.29, 0.717) is 22.3 Å². The maximum atomic E-state index is 12.3. The van der Waals surface area contributed by atoms with Crippen LogP contribution in [0, 0.1) is 6.92 Å². The normalized spacial score (nSPS) is 10.4. The molecule has 0 atom stereocenters. The molecule has 0 saturated heterocycles. The molecule has 2 rings (SSSR count). The van der Waals surface area contributed by atoms with Crippen LogP contribution in [-0.2, 0) is 16.1 Å². The number of hydrogen-bond donors (Lipinski definition) is 2. The lowest BCUT2D eigenvalue weighted by Crippen LogP contribution is -2.16. The van der Waals surface area contributed by atoms with E-state index in [1.165, 1.54) is 25.8 Å². The van der Waals surface area contributed by atoms with Crippen molar-refractivity contribution >= 4 is 35.0 Å². The smallest absolute Gasteiger partial charge is 0.234 e. The highest BCUT2D eigenvalue weighted by molar-refractivity contribution is 7.99. The summed E-state index contributed by atoms with van der Waals surface area (Å²) < 4.78 is 7.19. The number of thioether (sulfide) groups is 1. The van der Waals surface area contributed by atoms with Crippen molar-refractivity contribution in [2.75, 3.05) is 23.5 Å². The van der Waals surface area contributed by atoms with Gasteiger partial charge in [-0.3, -0.25) is 9.59 Å². The summed E-state index contributed by atoms with van der Waals surface area (Å²) in [5, 5.41) is 14.3. The van der Waals surface area contributed by atoms with Crippen LogP contribution >= 0.6 is 11.8 Å². The molecule has 0 saturated carbocycles. The Morgan fingerprint density at radius 3 is 2.68 bits per heavy atom. The lowest BCUT2D eigenvalue weighted by Gasteiger charge is -2.12. The summed E-state index contributed by atoms with van der Waals surface area (Å²) in [5.41, 5.74) is 1.07. The van der Waals surface area contributed by atoms with Crippen molar-refractivity contribution in [1.82, 2.24) is 14.8 Å². The van der Waals surface area contributed by atoms with Gasteiger partial charge in [-0.05, 0) is 32.0 Å². The van der Waals surface area contributed by atoms with Crippen LogP contribution < -0.4 is 15.4 Å². The third-order valence-corrected chi connectivity index (χ3v) is 4.31. The van der Waals surface area contributed by atoms with Gasteiger partial charge in [-0.25, -0.2) is 0 Å². The fourth-order valence-electron chi connectivity index (χ4n) is 2.24. The highest BCUT2D eigenvalue weighted by Crippen LogP contribution is 2.28. The van der Waals surface area contributed by atoms with E-state index in [4.69, 9.17) is 4.74 Å². The summed E-state index contributed by atoms with van der Waals surface area (Å²) >= 11 is 1.31. The fraction of sp³-hybridized carbons (Fsp3) is 0.375. The molecule has 0 radical (unpaired) electrons. The number of anilines is 2. The predicted molar refractivity (Wildman–Crippen MR) is 97.1 cm³/mol. The molecule has 1 heterocycles. The minimum atomic E-state index is -0.202. The molecule has 2 amide bonds. The van der Waals surface area contributed by atoms with Crippen LogP contribution in [0.1, 0.15) is 19.7 Å². The van der Waals surface area contributed by atoms with Crippen LogP contribution in [0.3, 0.4) is 0 Å². The number of aromatic nitrogens is 3. The SMILES string of the molecule is CCn1c(C)nnc1SCC(=O)Nc1cc(NC(C)=O)ccc1OC. The second kappa shape index (κ2) is 8.52. The first-order valence-corrected chi connectivity index (χ1v) is 8.71. The molecule has 0 aliphatic heterocycles. The van der Waals surface area contributed by atoms with Crippen molar-refractivity contribution in [2.24, 2.45) is 0 Å². The molecule has 0 aliphatic rings. The molecule has 0 fully saturated rings. The molecule has 25 heavy (non-hydrogen) atoms. The molecule has 1 aromatic carbocycles. The third-order valence-electron chi connectivity index (χ3n) is 3.34. The number of methoxy groups -OCH3 is 1. The van der Waals surface area contributed by atoms with Crippen molar-refractivity contribution in [2.45, 2.75) is 32.5 Å². The highest BCUT2D eigenvalue weighted by Gasteiger charge is 2.13. The fourth-order valence-corrected chi connectivity index (χ4v) is 3.08. The number of carbonyl (C=O) groups is 2. The van der Waals surface area contributed by atoms with Gasteiger partial charge in [-0.2, -0.15) is 0 Å². The van der Waals surface area contributed by atoms with E-state index in [-0.39, 0.29) is 17.6 Å². The Bertz CT molecular complexity index is 775. The maximum Gasteiger partial charge on any atom is 0.234 e. The van der Waals surface area contributed by atoms with Crippen LogP contribution in [0.25, 0.3) is 0 Å². The Kier molecular flexibility index (Phi) is 6.40. The number of benzene rings is 1. The minimum absolute atomic E-state index is 0.186. The average Bonchev–Trinajstić information content (AvgIpc) is 2.92. The second-order valence-electron chi connectivity index (χ2n) is 5.21. The first kappa shape index (κ1) is 18.8. The van der Waals surface area contributed by atoms with Crippen molar-refractivity contribution in [1.29, 1.82) is 0 Å². The summed E-state index contributed by atoms with van der Waals surface area (Å²) in [7, 11) is 1.52. The first-order valence-electron chi connectivity index (χ1n) is 7.72. The van der Waals surface area contributed by atoms with Gasteiger partial charge in [0.2, 0.25) is 11.8 Å². The lowest BCUT2D eigenvalue weighted by atomic mass is 10.2. The molecular weight excluding hydrogens is 342 g/mol. The summed E-state index contributed by atoms with van der Waals surface area (Å²) in [6, 6.07) is 5.05. The van der Waals surface area contributed by atoms with Crippen LogP contribution in [-0.4, -0.2) is 39.4 Å². The summed E-state index contributed by atoms with van der Waals surface area (Å²) in [6.45, 7) is 6.04. The zero-order chi connectivity index (χ0) is 18.4. The van der Waals surface area contributed by atoms with E-state index >= 15 is 0 Å². The Morgan fingerprint density at radius 2 is 2.04 bits per heavy atom. The van der Waals surface area contributed by atoms with Gasteiger partial charge in [-0.15, -0.1) is 10.2 Å². The zero-order valence-electron chi connectivity index (χ0n) is 14.6. The van der Waals surface area contributed by atoms with Gasteiger partial charge in [0.05, 0.1) is 18.6 Å². The maximum absolute atomic E-state index is 12.3. The highest BCUT2D eigenvalue weighted by atomic mass is 32.2. The van der Waals surface area contributed by atoms with E-state index in [1.807, 2.05) is 18.4 Å². The van der Waals surface area contributed by atoms with Crippen molar-refractivity contribution in [3.05, 3.63) is 24.0 Å². The van der Waals surface area contributed by atoms with Gasteiger partial charge in [0.1, 0.15) is 11.6 Å². The van der Waals surface area contributed by atoms with E-state index < -0.39 is 0 Å². The molecule has 1 aromatic heterocycles. The van der Waals surface area contributed by atoms with E-state index in [0.717, 1.165) is 12.4 Å². The Balaban J connectivity index is 2.05. The Hall–Kier alpha value is -2.55. The molecule has 2 N–H and O–H groups in total. The van der Waals surface area contributed by atoms with Crippen LogP contribution in [0.2, 0.25) is 0 Å². The monoisotopic (exact) mass is 363 g/mol. The third kappa shape index (κ3) is 4.96. The number of rotatable bonds is 7. The largest absolute Gasteiger partial charge is 0.495 e. The number of ether oxygens (including phenoxy) is 1. The average molecular weight is 363 g/mol. The van der Waals surface area contributed by atoms with Crippen molar-refractivity contribution in [3.8, 4) is 5.75 Å². The van der Waals surface area contributed by atoms with Gasteiger partial charge in [-0.1, -0.05) is 11.8 Å². The second-order valence-corrected chi connectivity index (χ2v) is 6.15. The number of nitrogens with one attached hydrogen (secondary N) is 2. The molecule has 134 valence electrons. The quantitative estimate of drug-likeness (QED) is 0.733. The number of aryl methyl sites for hydroxylation is 1. The summed E-state index contributed by atoms with van der Waals surface area (Å²) in [5.74, 6) is 1.13. The number of carbonyl (C=O) groups excluding carboxylic acids is 2. The van der Waals surface area contributed by atoms with Gasteiger partial charge < -0.3 is 19.9 Å². The molecule has 0 aliphatic carbocycles. The molecular formula is C16H21N5O3S. The molecule has 2 aromatic rings. The predicted octanol–water partition coefficient (Wildman–Crippen LogP) is 2.30. The minimum Gasteiger partial charge on any atom is -0.495 e. The standard InChI is InChI=1S/C16H21N5O3S/c1-5-21-10(2)19-20-16(21)25-9-15(23)18-13-8-12(17-11(3)22)6-7-14(13)24-4/h6-8H,5,9H2,1-4H3,(H,17,22)(H,18,23). The van der Waals surface area contributed by atoms with Crippen LogP contribution in [0.15, 0.2) is 23.4 Å². The van der Waals surface area contributed by atoms with Crippen LogP contribution in [0.4, 0.5) is 11.4 Å². The topological polar surface area (TPSA) is 98.1 Å². The van der Waals surface area contributed by atoms with E-state index in [1.54, 1.807) is 18.2 Å². The van der Waals surface area contributed by atoms with Crippen molar-refractivity contribution < 1.29 is 14.3 Å². The Labute approximate surface area is 150 Å². The number of amides is 2. The number of nitrogens with zero attached hydrogens (tertiary/aromatic N) is 3. The number of hydrogen-bond acceptors (Lipinski definition) is 6. The first-order chi connectivity index (χ1) is 11.9. The zero-order valence-corrected chi connectivity index (χ0v) is 15.4. The molecule has 0 bridgehead atoms. The van der Waals surface area contributed by atoms with Gasteiger partial charge in [0, 0.05) is 19.2 Å². The molecule has 0 spiro atoms. The summed E-state index contributed by atoms with van der Waals surface area (Å²) in [4.78, 5) is 23.4. The van der Waals surface area contributed by atoms with Crippen LogP contribution in [0.5, 0.6) is 5.75 Å². The van der Waals surface area contributed by atoms with Gasteiger partial charge >= 0.3 is 0 Å². The lowest BCUT2D eigenvalue weighted by molar-refractivity contribution is -0.114. The molecule has 9 heteroatoms. The summed E-state index contributed by atoms with van der Waals surface area (Å²) in [6.07, 6.45) is 0. The molecule has 8 nitrogen and oxygen atoms in total. The van der Waals surface area contributed by atoms with Gasteiger partial charge in [0.25, 0.3) is 0 Å². The van der Waals surface area contributed by atoms with E-state index in [9.17, 15) is 9.59 Å². The Morgan fingerprint density at radius 1 is 1.28 bits per heavy atom. The van der Waals surface area contributed by atoms with Crippen molar-refractivity contribution in [3.63, 3.8) is 0 Å².